The predicted molar refractivity (Wildman–Crippen MR) is 322 cm³/mol. The van der Waals surface area contributed by atoms with E-state index in [0.717, 1.165) is 30.0 Å². The van der Waals surface area contributed by atoms with Gasteiger partial charge >= 0.3 is 10.9 Å². The topological polar surface area (TPSA) is 248 Å². The molecule has 16 nitrogen and oxygen atoms in total. The van der Waals surface area contributed by atoms with Crippen LogP contribution in [-0.4, -0.2) is 61.0 Å². The van der Waals surface area contributed by atoms with Crippen molar-refractivity contribution in [2.75, 3.05) is 42.8 Å². The van der Waals surface area contributed by atoms with Gasteiger partial charge in [-0.1, -0.05) is 145 Å². The summed E-state index contributed by atoms with van der Waals surface area (Å²) >= 11 is 29.7. The molecule has 0 fully saturated rings. The molecule has 78 heavy (non-hydrogen) atoms. The van der Waals surface area contributed by atoms with Gasteiger partial charge in [-0.2, -0.15) is 14.4 Å². The molecule has 0 bridgehead atoms. The molecule has 3 radical (unpaired) electrons. The number of nitrogen functional groups attached to an aromatic ring is 1. The molecule has 0 aliphatic carbocycles. The number of nitrogens with zero attached hydrogens (tertiary/aromatic N) is 6. The van der Waals surface area contributed by atoms with Crippen molar-refractivity contribution in [1.82, 2.24) is 39.9 Å². The number of hydrogen-bond donors (Lipinski definition) is 7. The van der Waals surface area contributed by atoms with Gasteiger partial charge in [0.1, 0.15) is 0 Å². The molecule has 6 aromatic rings. The number of aromatic nitrogens is 8. The molecule has 2 aromatic carbocycles. The molecule has 0 unspecified atom stereocenters. The number of H-pyrrole nitrogens is 2. The third-order valence-corrected chi connectivity index (χ3v) is 5.84. The van der Waals surface area contributed by atoms with Crippen molar-refractivity contribution < 1.29 is 120 Å². The van der Waals surface area contributed by atoms with Crippen molar-refractivity contribution in [1.29, 1.82) is 0 Å². The third kappa shape index (κ3) is 72.5. The molecule has 0 aliphatic rings. The fraction of sp³-hybridized carbons (Fsp3) is 0.354. The van der Waals surface area contributed by atoms with Gasteiger partial charge in [0, 0.05) is 130 Å². The molecule has 6 rings (SSSR count). The fourth-order valence-electron chi connectivity index (χ4n) is 2.95. The Hall–Kier alpha value is -1.48. The molecule has 0 spiro atoms. The summed E-state index contributed by atoms with van der Waals surface area (Å²) in [4.78, 5) is 45.5. The summed E-state index contributed by atoms with van der Waals surface area (Å²) in [5.74, 6) is -1.99. The van der Waals surface area contributed by atoms with Gasteiger partial charge in [0.05, 0.1) is 18.6 Å². The van der Waals surface area contributed by atoms with Gasteiger partial charge in [0.2, 0.25) is 22.3 Å². The van der Waals surface area contributed by atoms with E-state index in [0.29, 0.717) is 12.1 Å². The van der Waals surface area contributed by atoms with E-state index in [1.165, 1.54) is 7.05 Å². The molecule has 445 valence electrons. The monoisotopic (exact) mass is 1470 g/mol. The minimum absolute atomic E-state index is 0. The zero-order valence-electron chi connectivity index (χ0n) is 48.6. The molecular weight excluding hydrogens is 1390 g/mol. The standard InChI is InChI=1S/C11H11FN4.C6H7N.C5H5ClFN3.C4HCl2FN2.C4H3FN2O2.7C2H6.CH5N.3CH3.Cl3OP.3Y/c1-13-10-9(12)7-14-11(16-10)15-8-5-3-2-4-6-8;7-6-4-2-1-3-5-6;1-8-4-3(7)2-9-5(6)10-4;5-3-2(7)1-8-4(6)9-3;5-2-1-6-4(9)7-3(2)8;8*1-2;;;;1-5(2,3)4;;;/h2-7H,1H3,(H2,13,14,15,16);1-5H,7H2;2H,1H3,(H,8,9,10);1H;1H,(H2,6,7,8,9);7*1-2H3;2H2,1H3;3*1H3;;;;/q;;;;;;;;;;;;;3*-1;;;;. The van der Waals surface area contributed by atoms with Gasteiger partial charge in [0.15, 0.2) is 34.2 Å². The molecule has 4 aromatic heterocycles. The van der Waals surface area contributed by atoms with Crippen molar-refractivity contribution in [3.63, 3.8) is 0 Å². The van der Waals surface area contributed by atoms with Crippen molar-refractivity contribution >= 4 is 103 Å². The number of hydrogen-bond acceptors (Lipinski definition) is 14. The van der Waals surface area contributed by atoms with E-state index >= 15 is 0 Å². The minimum atomic E-state index is -3.22. The van der Waals surface area contributed by atoms with Gasteiger partial charge in [-0.25, -0.2) is 37.9 Å². The molecule has 0 atom stereocenters. The fourth-order valence-corrected chi connectivity index (χ4v) is 3.39. The Morgan fingerprint density at radius 2 is 0.872 bits per heavy atom. The van der Waals surface area contributed by atoms with Crippen LogP contribution >= 0.6 is 73.7 Å². The number of aromatic amines is 2. The van der Waals surface area contributed by atoms with Crippen LogP contribution in [0.3, 0.4) is 0 Å². The number of benzene rings is 2. The van der Waals surface area contributed by atoms with Crippen LogP contribution in [0.2, 0.25) is 15.7 Å². The van der Waals surface area contributed by atoms with Crippen LogP contribution in [0.1, 0.15) is 96.9 Å². The van der Waals surface area contributed by atoms with E-state index in [-0.39, 0.29) is 148 Å². The van der Waals surface area contributed by atoms with Crippen molar-refractivity contribution in [3.8, 4) is 0 Å². The Morgan fingerprint density at radius 1 is 0.538 bits per heavy atom. The summed E-state index contributed by atoms with van der Waals surface area (Å²) in [7, 11) is 4.67. The average Bonchev–Trinajstić information content (AvgIpc) is 3.41. The van der Waals surface area contributed by atoms with Crippen LogP contribution < -0.4 is 38.7 Å². The predicted octanol–water partition coefficient (Wildman–Crippen LogP) is 17.0. The quantitative estimate of drug-likeness (QED) is 0.0217. The smallest absolute Gasteiger partial charge is 0.339 e. The number of nitrogens with two attached hydrogens (primary N) is 2. The number of rotatable bonds is 4. The molecule has 0 saturated heterocycles. The molecule has 9 N–H and O–H groups in total. The van der Waals surface area contributed by atoms with Gasteiger partial charge < -0.3 is 54.7 Å². The van der Waals surface area contributed by atoms with E-state index in [1.54, 1.807) is 19.1 Å². The SMILES string of the molecule is CC.CC.CC.CC.CC.CC.CC.CN.CNc1nc(Cl)ncc1F.CNc1nc(Nc2ccccc2)ncc1F.Fc1cnc(Cl)nc1Cl.Nc1ccccc1.O=P(Cl)(Cl)Cl.O=c1[nH]cc(F)c(=O)[nH]1.[CH3-].[CH3-].[CH3-].[Y].[Y].[Y]. The van der Waals surface area contributed by atoms with Crippen molar-refractivity contribution in [2.45, 2.75) is 96.9 Å². The van der Waals surface area contributed by atoms with Crippen molar-refractivity contribution in [2.24, 2.45) is 5.73 Å². The first-order valence-electron chi connectivity index (χ1n) is 22.1. The molecular formula is C48H83Cl6F4N13O3PY3-3. The zero-order chi connectivity index (χ0) is 58.3. The zero-order valence-corrected chi connectivity index (χ0v) is 62.5. The first-order valence-corrected chi connectivity index (χ1v) is 27.6. The third-order valence-electron chi connectivity index (χ3n) is 5.21. The van der Waals surface area contributed by atoms with Gasteiger partial charge in [-0.05, 0) is 88.2 Å². The second-order valence-electron chi connectivity index (χ2n) is 9.22. The van der Waals surface area contributed by atoms with Gasteiger partial charge in [-0.15, -0.1) is 0 Å². The molecule has 0 saturated carbocycles. The summed E-state index contributed by atoms with van der Waals surface area (Å²) in [6.45, 7) is 28.0. The molecule has 30 heteroatoms. The average molecular weight is 1480 g/mol. The van der Waals surface area contributed by atoms with Crippen LogP contribution in [0.15, 0.2) is 95.0 Å². The first kappa shape index (κ1) is 112. The van der Waals surface area contributed by atoms with Gasteiger partial charge in [0.25, 0.3) is 5.56 Å². The maximum Gasteiger partial charge on any atom is 0.339 e. The maximum absolute atomic E-state index is 13.1. The molecule has 0 aliphatic heterocycles. The number of halogens is 10. The molecule has 4 heterocycles. The van der Waals surface area contributed by atoms with E-state index in [4.69, 9.17) is 40.5 Å². The normalized spacial score (nSPS) is 7.59. The second-order valence-corrected chi connectivity index (χ2v) is 16.9. The van der Waals surface area contributed by atoms with Crippen LogP contribution in [0.5, 0.6) is 0 Å². The van der Waals surface area contributed by atoms with E-state index < -0.39 is 39.7 Å². The Kier molecular flexibility index (Phi) is 117. The summed E-state index contributed by atoms with van der Waals surface area (Å²) < 4.78 is 59.3. The molecule has 0 amide bonds. The van der Waals surface area contributed by atoms with E-state index in [1.807, 2.05) is 163 Å². The largest absolute Gasteiger partial charge is 0.399 e. The Morgan fingerprint density at radius 3 is 1.17 bits per heavy atom. The second kappa shape index (κ2) is 82.0. The Bertz CT molecular complexity index is 2280. The number of anilines is 5. The summed E-state index contributed by atoms with van der Waals surface area (Å²) in [6.07, 6.45) is 3.77. The van der Waals surface area contributed by atoms with E-state index in [9.17, 15) is 31.7 Å². The van der Waals surface area contributed by atoms with Gasteiger partial charge in [-0.3, -0.25) is 14.3 Å². The summed E-state index contributed by atoms with van der Waals surface area (Å²) in [6, 6.07) is 18.9. The van der Waals surface area contributed by atoms with Crippen molar-refractivity contribution in [3.05, 3.63) is 168 Å². The summed E-state index contributed by atoms with van der Waals surface area (Å²) in [5.41, 5.74) is 9.83. The Labute approximate surface area is 569 Å². The maximum atomic E-state index is 13.1. The summed E-state index contributed by atoms with van der Waals surface area (Å²) in [5, 5.41) is 4.66. The van der Waals surface area contributed by atoms with E-state index in [2.05, 4.69) is 85.3 Å². The van der Waals surface area contributed by atoms with Crippen LogP contribution in [-0.2, 0) is 103 Å². The number of para-hydroxylation sites is 2. The minimum Gasteiger partial charge on any atom is -0.399 e. The van der Waals surface area contributed by atoms with Crippen LogP contribution in [0, 0.1) is 45.5 Å². The number of nitrogens with one attached hydrogen (secondary N) is 5. The van der Waals surface area contributed by atoms with Crippen LogP contribution in [0.25, 0.3) is 0 Å². The Balaban J connectivity index is -0.0000000502. The first-order chi connectivity index (χ1) is 34.3. The van der Waals surface area contributed by atoms with Crippen LogP contribution in [0.4, 0.5) is 46.5 Å².